The Morgan fingerprint density at radius 2 is 1.96 bits per heavy atom. The van der Waals surface area contributed by atoms with E-state index in [1.165, 1.54) is 17.0 Å². The van der Waals surface area contributed by atoms with Crippen LogP contribution in [0.2, 0.25) is 0 Å². The molecule has 1 saturated heterocycles. The van der Waals surface area contributed by atoms with Gasteiger partial charge in [0.15, 0.2) is 0 Å². The molecule has 1 spiro atoms. The number of piperidine rings is 1. The van der Waals surface area contributed by atoms with Crippen LogP contribution in [0.5, 0.6) is 5.75 Å². The second-order valence-corrected chi connectivity index (χ2v) is 7.19. The smallest absolute Gasteiger partial charge is 0.427 e. The number of rotatable bonds is 4. The Kier molecular flexibility index (Phi) is 5.50. The molecule has 1 aliphatic heterocycles. The van der Waals surface area contributed by atoms with Crippen molar-refractivity contribution >= 4 is 6.09 Å². The molecule has 0 radical (unpaired) electrons. The van der Waals surface area contributed by atoms with Gasteiger partial charge in [0.25, 0.3) is 0 Å². The number of aliphatic hydroxyl groups is 1. The average molecular weight is 391 g/mol. The Bertz CT molecular complexity index is 666. The zero-order chi connectivity index (χ0) is 19.7. The second-order valence-electron chi connectivity index (χ2n) is 7.19. The molecule has 1 atom stereocenters. The van der Waals surface area contributed by atoms with E-state index in [-0.39, 0.29) is 17.3 Å². The summed E-state index contributed by atoms with van der Waals surface area (Å²) in [5.74, 6) is 0.103. The summed E-state index contributed by atoms with van der Waals surface area (Å²) in [6, 6.07) is 5.92. The molecule has 1 heterocycles. The summed E-state index contributed by atoms with van der Waals surface area (Å²) >= 11 is 0. The van der Waals surface area contributed by atoms with E-state index in [0.717, 1.165) is 12.8 Å². The van der Waals surface area contributed by atoms with E-state index in [2.05, 4.69) is 4.74 Å². The zero-order valence-corrected chi connectivity index (χ0v) is 14.5. The molecule has 0 bridgehead atoms. The molecular formula is C18H21F4NO4. The quantitative estimate of drug-likeness (QED) is 0.798. The maximum atomic E-state index is 13.2. The molecule has 1 aromatic rings. The largest absolute Gasteiger partial charge is 0.490 e. The van der Waals surface area contributed by atoms with Crippen LogP contribution >= 0.6 is 0 Å². The summed E-state index contributed by atoms with van der Waals surface area (Å²) in [5.41, 5.74) is -0.00478. The Morgan fingerprint density at radius 3 is 2.52 bits per heavy atom. The maximum absolute atomic E-state index is 13.2. The molecule has 3 rings (SSSR count). The van der Waals surface area contributed by atoms with Crippen molar-refractivity contribution in [3.63, 3.8) is 0 Å². The molecular weight excluding hydrogens is 370 g/mol. The number of hydrogen-bond donors (Lipinski definition) is 1. The van der Waals surface area contributed by atoms with Crippen molar-refractivity contribution < 1.29 is 36.9 Å². The van der Waals surface area contributed by atoms with Crippen LogP contribution < -0.4 is 4.74 Å². The Labute approximate surface area is 153 Å². The first-order valence-electron chi connectivity index (χ1n) is 8.76. The lowest BCUT2D eigenvalue weighted by Crippen LogP contribution is -2.52. The van der Waals surface area contributed by atoms with Crippen LogP contribution in [0.1, 0.15) is 25.7 Å². The van der Waals surface area contributed by atoms with Crippen molar-refractivity contribution in [2.24, 2.45) is 5.41 Å². The van der Waals surface area contributed by atoms with E-state index in [1.54, 1.807) is 12.1 Å². The molecule has 2 fully saturated rings. The van der Waals surface area contributed by atoms with E-state index in [0.29, 0.717) is 31.7 Å². The van der Waals surface area contributed by atoms with Crippen molar-refractivity contribution in [3.8, 4) is 5.75 Å². The van der Waals surface area contributed by atoms with Crippen LogP contribution in [0.25, 0.3) is 0 Å². The minimum Gasteiger partial charge on any atom is -0.490 e. The lowest BCUT2D eigenvalue weighted by molar-refractivity contribution is -0.215. The zero-order valence-electron chi connectivity index (χ0n) is 14.5. The lowest BCUT2D eigenvalue weighted by atomic mass is 9.61. The topological polar surface area (TPSA) is 59.0 Å². The fraction of sp³-hybridized carbons (Fsp3) is 0.611. The number of carbonyl (C=O) groups excluding carboxylic acids is 1. The highest BCUT2D eigenvalue weighted by atomic mass is 19.4. The number of nitrogens with zero attached hydrogens (tertiary/aromatic N) is 1. The van der Waals surface area contributed by atoms with Crippen LogP contribution in [-0.4, -0.2) is 54.2 Å². The minimum absolute atomic E-state index is 0.00478. The van der Waals surface area contributed by atoms with Gasteiger partial charge in [0.05, 0.1) is 12.7 Å². The molecule has 9 heteroatoms. The fourth-order valence-corrected chi connectivity index (χ4v) is 3.70. The molecule has 5 nitrogen and oxygen atoms in total. The van der Waals surface area contributed by atoms with Gasteiger partial charge in [-0.25, -0.2) is 9.18 Å². The number of carbonyl (C=O) groups is 1. The summed E-state index contributed by atoms with van der Waals surface area (Å²) in [5, 5.41) is 8.75. The number of amides is 1. The summed E-state index contributed by atoms with van der Waals surface area (Å²) in [6.45, 7) is -0.713. The van der Waals surface area contributed by atoms with Gasteiger partial charge in [-0.15, -0.1) is 0 Å². The molecule has 27 heavy (non-hydrogen) atoms. The summed E-state index contributed by atoms with van der Waals surface area (Å²) in [4.78, 5) is 13.1. The monoisotopic (exact) mass is 391 g/mol. The van der Waals surface area contributed by atoms with Gasteiger partial charge in [-0.05, 0) is 43.2 Å². The number of ether oxygens (including phenoxy) is 2. The van der Waals surface area contributed by atoms with Gasteiger partial charge in [-0.3, -0.25) is 0 Å². The Hall–Kier alpha value is -2.03. The Balaban J connectivity index is 1.45. The van der Waals surface area contributed by atoms with Gasteiger partial charge in [0.2, 0.25) is 6.10 Å². The summed E-state index contributed by atoms with van der Waals surface area (Å²) < 4.78 is 61.1. The highest BCUT2D eigenvalue weighted by Crippen LogP contribution is 2.50. The Morgan fingerprint density at radius 1 is 1.30 bits per heavy atom. The third kappa shape index (κ3) is 4.63. The normalized spacial score (nSPS) is 20.9. The number of hydrogen-bond acceptors (Lipinski definition) is 4. The highest BCUT2D eigenvalue weighted by molar-refractivity contribution is 5.68. The molecule has 1 N–H and O–H groups in total. The van der Waals surface area contributed by atoms with Crippen LogP contribution in [0.3, 0.4) is 0 Å². The second kappa shape index (κ2) is 7.53. The van der Waals surface area contributed by atoms with E-state index in [4.69, 9.17) is 9.84 Å². The molecule has 1 amide bonds. The van der Waals surface area contributed by atoms with Gasteiger partial charge in [0.1, 0.15) is 11.6 Å². The molecule has 2 aliphatic rings. The fourth-order valence-electron chi connectivity index (χ4n) is 3.70. The first kappa shape index (κ1) is 19.7. The molecule has 1 saturated carbocycles. The number of aliphatic hydroxyl groups excluding tert-OH is 1. The molecule has 0 aromatic heterocycles. The van der Waals surface area contributed by atoms with Crippen molar-refractivity contribution in [2.45, 2.75) is 44.1 Å². The van der Waals surface area contributed by atoms with Gasteiger partial charge in [0, 0.05) is 19.2 Å². The van der Waals surface area contributed by atoms with Crippen molar-refractivity contribution in [1.82, 2.24) is 4.90 Å². The number of halogens is 4. The van der Waals surface area contributed by atoms with Crippen LogP contribution in [-0.2, 0) is 4.74 Å². The molecule has 1 aromatic carbocycles. The van der Waals surface area contributed by atoms with Crippen LogP contribution in [0, 0.1) is 11.2 Å². The van der Waals surface area contributed by atoms with Gasteiger partial charge in [-0.2, -0.15) is 13.2 Å². The molecule has 150 valence electrons. The third-order valence-electron chi connectivity index (χ3n) is 5.28. The summed E-state index contributed by atoms with van der Waals surface area (Å²) in [7, 11) is 0. The molecule has 1 unspecified atom stereocenters. The maximum Gasteiger partial charge on any atom is 0.427 e. The number of alkyl halides is 3. The highest BCUT2D eigenvalue weighted by Gasteiger charge is 2.49. The van der Waals surface area contributed by atoms with Gasteiger partial charge < -0.3 is 19.5 Å². The first-order valence-corrected chi connectivity index (χ1v) is 8.76. The standard InChI is InChI=1S/C18H21F4NO4/c19-12-2-1-3-13(8-12)26-14-9-17(10-14)4-6-23(7-5-17)16(25)27-15(11-24)18(20,21)22/h1-3,8,14-15,24H,4-7,9-11H2. The summed E-state index contributed by atoms with van der Waals surface area (Å²) in [6.07, 6.45) is -5.60. The third-order valence-corrected chi connectivity index (χ3v) is 5.28. The lowest BCUT2D eigenvalue weighted by Gasteiger charge is -2.51. The number of benzene rings is 1. The van der Waals surface area contributed by atoms with Crippen molar-refractivity contribution in [1.29, 1.82) is 0 Å². The van der Waals surface area contributed by atoms with Crippen molar-refractivity contribution in [3.05, 3.63) is 30.1 Å². The minimum atomic E-state index is -4.79. The van der Waals surface area contributed by atoms with Crippen LogP contribution in [0.15, 0.2) is 24.3 Å². The number of likely N-dealkylation sites (tertiary alicyclic amines) is 1. The first-order chi connectivity index (χ1) is 12.7. The van der Waals surface area contributed by atoms with Gasteiger partial charge in [-0.1, -0.05) is 6.07 Å². The molecule has 1 aliphatic carbocycles. The predicted octanol–water partition coefficient (Wildman–Crippen LogP) is 3.51. The van der Waals surface area contributed by atoms with E-state index >= 15 is 0 Å². The van der Waals surface area contributed by atoms with E-state index in [9.17, 15) is 22.4 Å². The van der Waals surface area contributed by atoms with Crippen LogP contribution in [0.4, 0.5) is 22.4 Å². The van der Waals surface area contributed by atoms with Gasteiger partial charge >= 0.3 is 12.3 Å². The van der Waals surface area contributed by atoms with E-state index in [1.807, 2.05) is 0 Å². The SMILES string of the molecule is O=C(OC(CO)C(F)(F)F)N1CCC2(CC1)CC(Oc1cccc(F)c1)C2. The van der Waals surface area contributed by atoms with E-state index < -0.39 is 25.0 Å². The predicted molar refractivity (Wildman–Crippen MR) is 86.7 cm³/mol. The average Bonchev–Trinajstić information content (AvgIpc) is 2.57. The van der Waals surface area contributed by atoms with Crippen molar-refractivity contribution in [2.75, 3.05) is 19.7 Å².